The van der Waals surface area contributed by atoms with E-state index in [1.165, 1.54) is 38.5 Å². The van der Waals surface area contributed by atoms with Gasteiger partial charge in [-0.1, -0.05) is 40.0 Å². The molecule has 1 aliphatic carbocycles. The van der Waals surface area contributed by atoms with Crippen LogP contribution in [0.25, 0.3) is 0 Å². The SMILES string of the molecule is CCC1CCCCC1OCC1CCC(CNC(C)C)O1. The highest BCUT2D eigenvalue weighted by Gasteiger charge is 2.29. The van der Waals surface area contributed by atoms with E-state index in [4.69, 9.17) is 9.47 Å². The standard InChI is InChI=1S/C17H33NO2/c1-4-14-7-5-6-8-17(14)19-12-16-10-9-15(20-16)11-18-13(2)3/h13-18H,4-12H2,1-3H3. The van der Waals surface area contributed by atoms with E-state index in [1.54, 1.807) is 0 Å². The van der Waals surface area contributed by atoms with Crippen LogP contribution in [-0.2, 0) is 9.47 Å². The number of rotatable bonds is 7. The predicted molar refractivity (Wildman–Crippen MR) is 83.0 cm³/mol. The van der Waals surface area contributed by atoms with Crippen molar-refractivity contribution in [2.75, 3.05) is 13.2 Å². The van der Waals surface area contributed by atoms with Crippen LogP contribution in [0, 0.1) is 5.92 Å². The molecule has 0 aromatic heterocycles. The van der Waals surface area contributed by atoms with Gasteiger partial charge in [0.25, 0.3) is 0 Å². The minimum atomic E-state index is 0.327. The molecule has 1 heterocycles. The van der Waals surface area contributed by atoms with Gasteiger partial charge in [0, 0.05) is 12.6 Å². The quantitative estimate of drug-likeness (QED) is 0.775. The summed E-state index contributed by atoms with van der Waals surface area (Å²) in [6, 6.07) is 0.543. The summed E-state index contributed by atoms with van der Waals surface area (Å²) in [5, 5.41) is 3.46. The highest BCUT2D eigenvalue weighted by molar-refractivity contribution is 4.79. The molecule has 0 bridgehead atoms. The van der Waals surface area contributed by atoms with Crippen LogP contribution in [0.4, 0.5) is 0 Å². The third kappa shape index (κ3) is 5.01. The maximum atomic E-state index is 6.20. The van der Waals surface area contributed by atoms with E-state index < -0.39 is 0 Å². The molecule has 1 aliphatic heterocycles. The number of ether oxygens (including phenoxy) is 2. The van der Waals surface area contributed by atoms with Crippen LogP contribution >= 0.6 is 0 Å². The number of hydrogen-bond donors (Lipinski definition) is 1. The molecular weight excluding hydrogens is 250 g/mol. The Balaban J connectivity index is 1.64. The van der Waals surface area contributed by atoms with E-state index in [0.717, 1.165) is 25.5 Å². The van der Waals surface area contributed by atoms with Crippen LogP contribution in [-0.4, -0.2) is 37.5 Å². The van der Waals surface area contributed by atoms with Crippen LogP contribution in [0.15, 0.2) is 0 Å². The Morgan fingerprint density at radius 2 is 1.85 bits per heavy atom. The average molecular weight is 283 g/mol. The van der Waals surface area contributed by atoms with E-state index in [2.05, 4.69) is 26.1 Å². The summed E-state index contributed by atoms with van der Waals surface area (Å²) >= 11 is 0. The van der Waals surface area contributed by atoms with Crippen molar-refractivity contribution in [1.82, 2.24) is 5.32 Å². The van der Waals surface area contributed by atoms with Gasteiger partial charge in [0.05, 0.1) is 24.9 Å². The third-order valence-corrected chi connectivity index (χ3v) is 4.81. The van der Waals surface area contributed by atoms with Crippen LogP contribution in [0.1, 0.15) is 65.7 Å². The maximum absolute atomic E-state index is 6.20. The Labute approximate surface area is 124 Å². The van der Waals surface area contributed by atoms with Gasteiger partial charge in [-0.05, 0) is 31.6 Å². The molecule has 20 heavy (non-hydrogen) atoms. The predicted octanol–water partition coefficient (Wildman–Crippen LogP) is 3.52. The average Bonchev–Trinajstić information content (AvgIpc) is 2.91. The minimum Gasteiger partial charge on any atom is -0.375 e. The van der Waals surface area contributed by atoms with Gasteiger partial charge in [0.1, 0.15) is 0 Å². The second-order valence-corrected chi connectivity index (χ2v) is 6.84. The molecule has 1 saturated heterocycles. The zero-order valence-electron chi connectivity index (χ0n) is 13.6. The first kappa shape index (κ1) is 16.3. The van der Waals surface area contributed by atoms with Crippen molar-refractivity contribution in [2.45, 2.75) is 90.1 Å². The molecule has 4 unspecified atom stereocenters. The van der Waals surface area contributed by atoms with E-state index >= 15 is 0 Å². The van der Waals surface area contributed by atoms with Crippen molar-refractivity contribution in [3.05, 3.63) is 0 Å². The summed E-state index contributed by atoms with van der Waals surface area (Å²) in [6.07, 6.45) is 10.1. The molecule has 2 aliphatic rings. The van der Waals surface area contributed by atoms with Gasteiger partial charge in [-0.25, -0.2) is 0 Å². The Bertz CT molecular complexity index is 270. The Kier molecular flexibility index (Phi) is 6.79. The van der Waals surface area contributed by atoms with Crippen molar-refractivity contribution in [2.24, 2.45) is 5.92 Å². The maximum Gasteiger partial charge on any atom is 0.0814 e. The summed E-state index contributed by atoms with van der Waals surface area (Å²) < 4.78 is 12.3. The zero-order valence-corrected chi connectivity index (χ0v) is 13.6. The molecule has 1 saturated carbocycles. The monoisotopic (exact) mass is 283 g/mol. The largest absolute Gasteiger partial charge is 0.375 e. The van der Waals surface area contributed by atoms with Gasteiger partial charge in [-0.3, -0.25) is 0 Å². The van der Waals surface area contributed by atoms with Crippen molar-refractivity contribution in [3.63, 3.8) is 0 Å². The van der Waals surface area contributed by atoms with E-state index in [1.807, 2.05) is 0 Å². The first-order valence-electron chi connectivity index (χ1n) is 8.69. The Morgan fingerprint density at radius 1 is 1.10 bits per heavy atom. The van der Waals surface area contributed by atoms with E-state index in [9.17, 15) is 0 Å². The first-order chi connectivity index (χ1) is 9.69. The number of nitrogens with one attached hydrogen (secondary N) is 1. The third-order valence-electron chi connectivity index (χ3n) is 4.81. The van der Waals surface area contributed by atoms with Gasteiger partial charge in [-0.15, -0.1) is 0 Å². The Morgan fingerprint density at radius 3 is 2.60 bits per heavy atom. The second kappa shape index (κ2) is 8.35. The van der Waals surface area contributed by atoms with Crippen LogP contribution in [0.5, 0.6) is 0 Å². The van der Waals surface area contributed by atoms with Crippen molar-refractivity contribution in [1.29, 1.82) is 0 Å². The Hall–Kier alpha value is -0.120. The lowest BCUT2D eigenvalue weighted by molar-refractivity contribution is -0.0689. The van der Waals surface area contributed by atoms with Crippen molar-refractivity contribution < 1.29 is 9.47 Å². The van der Waals surface area contributed by atoms with E-state index in [0.29, 0.717) is 24.4 Å². The molecule has 4 atom stereocenters. The summed E-state index contributed by atoms with van der Waals surface area (Å²) in [5.74, 6) is 0.781. The molecule has 2 rings (SSSR count). The topological polar surface area (TPSA) is 30.5 Å². The summed E-state index contributed by atoms with van der Waals surface area (Å²) in [4.78, 5) is 0. The van der Waals surface area contributed by atoms with Gasteiger partial charge < -0.3 is 14.8 Å². The lowest BCUT2D eigenvalue weighted by Gasteiger charge is -2.31. The summed E-state index contributed by atoms with van der Waals surface area (Å²) in [6.45, 7) is 8.45. The van der Waals surface area contributed by atoms with Gasteiger partial charge in [-0.2, -0.15) is 0 Å². The fraction of sp³-hybridized carbons (Fsp3) is 1.00. The lowest BCUT2D eigenvalue weighted by atomic mass is 9.85. The zero-order chi connectivity index (χ0) is 14.4. The molecule has 1 N–H and O–H groups in total. The second-order valence-electron chi connectivity index (χ2n) is 6.84. The van der Waals surface area contributed by atoms with Gasteiger partial charge in [0.2, 0.25) is 0 Å². The highest BCUT2D eigenvalue weighted by atomic mass is 16.5. The minimum absolute atomic E-state index is 0.327. The molecule has 0 aromatic rings. The number of hydrogen-bond acceptors (Lipinski definition) is 3. The van der Waals surface area contributed by atoms with Crippen molar-refractivity contribution >= 4 is 0 Å². The fourth-order valence-electron chi connectivity index (χ4n) is 3.51. The normalized spacial score (nSPS) is 34.8. The van der Waals surface area contributed by atoms with Gasteiger partial charge in [0.15, 0.2) is 0 Å². The summed E-state index contributed by atoms with van der Waals surface area (Å²) in [5.41, 5.74) is 0. The van der Waals surface area contributed by atoms with Crippen LogP contribution < -0.4 is 5.32 Å². The molecule has 0 aromatic carbocycles. The molecular formula is C17H33NO2. The molecule has 2 fully saturated rings. The van der Waals surface area contributed by atoms with Crippen LogP contribution in [0.3, 0.4) is 0 Å². The smallest absolute Gasteiger partial charge is 0.0814 e. The lowest BCUT2D eigenvalue weighted by Crippen LogP contribution is -2.33. The highest BCUT2D eigenvalue weighted by Crippen LogP contribution is 2.30. The molecule has 3 nitrogen and oxygen atoms in total. The molecule has 0 amide bonds. The molecule has 0 radical (unpaired) electrons. The molecule has 118 valence electrons. The van der Waals surface area contributed by atoms with E-state index in [-0.39, 0.29) is 0 Å². The first-order valence-corrected chi connectivity index (χ1v) is 8.69. The van der Waals surface area contributed by atoms with Crippen LogP contribution in [0.2, 0.25) is 0 Å². The van der Waals surface area contributed by atoms with Gasteiger partial charge >= 0.3 is 0 Å². The van der Waals surface area contributed by atoms with Crippen molar-refractivity contribution in [3.8, 4) is 0 Å². The summed E-state index contributed by atoms with van der Waals surface area (Å²) in [7, 11) is 0. The molecule has 0 spiro atoms. The fourth-order valence-corrected chi connectivity index (χ4v) is 3.51. The molecule has 3 heteroatoms.